The van der Waals surface area contributed by atoms with Crippen LogP contribution in [0.15, 0.2) is 47.1 Å². The van der Waals surface area contributed by atoms with Gasteiger partial charge in [0.1, 0.15) is 24.2 Å². The van der Waals surface area contributed by atoms with Crippen LogP contribution in [0.4, 0.5) is 0 Å². The van der Waals surface area contributed by atoms with E-state index in [-0.39, 0.29) is 17.9 Å². The number of likely N-dealkylation sites (tertiary alicyclic amines) is 1. The molecule has 0 spiro atoms. The molecular weight excluding hydrogens is 372 g/mol. The van der Waals surface area contributed by atoms with Crippen LogP contribution in [0.2, 0.25) is 0 Å². The highest BCUT2D eigenvalue weighted by Gasteiger charge is 2.34. The van der Waals surface area contributed by atoms with E-state index in [1.807, 2.05) is 0 Å². The third-order valence-electron chi connectivity index (χ3n) is 5.39. The molecule has 2 saturated heterocycles. The quantitative estimate of drug-likeness (QED) is 0.776. The minimum atomic E-state index is -0.451. The highest BCUT2D eigenvalue weighted by Crippen LogP contribution is 2.22. The summed E-state index contributed by atoms with van der Waals surface area (Å²) in [4.78, 5) is 27.2. The molecule has 2 aliphatic heterocycles. The Morgan fingerprint density at radius 1 is 1.14 bits per heavy atom. The van der Waals surface area contributed by atoms with Crippen molar-refractivity contribution >= 4 is 11.8 Å². The Morgan fingerprint density at radius 2 is 2.00 bits per heavy atom. The van der Waals surface area contributed by atoms with Gasteiger partial charge in [-0.1, -0.05) is 0 Å². The van der Waals surface area contributed by atoms with Crippen LogP contribution in [0.1, 0.15) is 41.8 Å². The van der Waals surface area contributed by atoms with Gasteiger partial charge in [-0.15, -0.1) is 0 Å². The molecule has 0 bridgehead atoms. The fraction of sp³-hybridized carbons (Fsp3) is 0.455. The fourth-order valence-corrected chi connectivity index (χ4v) is 3.81. The number of furan rings is 1. The lowest BCUT2D eigenvalue weighted by molar-refractivity contribution is -0.125. The molecule has 7 nitrogen and oxygen atoms in total. The summed E-state index contributed by atoms with van der Waals surface area (Å²) in [5, 5.41) is 2.86. The van der Waals surface area contributed by atoms with Gasteiger partial charge in [0.05, 0.1) is 18.9 Å². The number of hydrogen-bond donors (Lipinski definition) is 1. The molecule has 2 amide bonds. The van der Waals surface area contributed by atoms with E-state index in [4.69, 9.17) is 13.9 Å². The number of hydrogen-bond acceptors (Lipinski definition) is 5. The van der Waals surface area contributed by atoms with E-state index in [0.29, 0.717) is 43.2 Å². The largest absolute Gasteiger partial charge is 0.491 e. The van der Waals surface area contributed by atoms with Crippen molar-refractivity contribution in [2.45, 2.75) is 44.4 Å². The number of carbonyl (C=O) groups is 2. The van der Waals surface area contributed by atoms with Crippen molar-refractivity contribution in [2.24, 2.45) is 0 Å². The summed E-state index contributed by atoms with van der Waals surface area (Å²) in [6.07, 6.45) is 5.30. The summed E-state index contributed by atoms with van der Waals surface area (Å²) in [5.41, 5.74) is 0.556. The third-order valence-corrected chi connectivity index (χ3v) is 5.39. The maximum atomic E-state index is 12.9. The summed E-state index contributed by atoms with van der Waals surface area (Å²) >= 11 is 0. The Hall–Kier alpha value is -2.80. The average Bonchev–Trinajstić information content (AvgIpc) is 3.52. The predicted molar refractivity (Wildman–Crippen MR) is 106 cm³/mol. The average molecular weight is 398 g/mol. The molecular formula is C22H26N2O5. The zero-order chi connectivity index (χ0) is 20.1. The molecule has 1 aromatic heterocycles. The van der Waals surface area contributed by atoms with Crippen LogP contribution in [0.25, 0.3) is 0 Å². The number of rotatable bonds is 7. The monoisotopic (exact) mass is 398 g/mol. The predicted octanol–water partition coefficient (Wildman–Crippen LogP) is 2.76. The van der Waals surface area contributed by atoms with Crippen LogP contribution in [0, 0.1) is 0 Å². The number of ether oxygens (including phenoxy) is 2. The Morgan fingerprint density at radius 3 is 2.72 bits per heavy atom. The number of amides is 2. The first-order valence-corrected chi connectivity index (χ1v) is 10.2. The van der Waals surface area contributed by atoms with Crippen LogP contribution in [-0.4, -0.2) is 48.6 Å². The van der Waals surface area contributed by atoms with E-state index in [2.05, 4.69) is 5.32 Å². The summed E-state index contributed by atoms with van der Waals surface area (Å²) in [5.74, 6) is 1.12. The smallest absolute Gasteiger partial charge is 0.254 e. The SMILES string of the molecule is O=C(NCc1ccco1)C1CCCN1C(=O)c1ccc(OCC2CCCO2)cc1. The van der Waals surface area contributed by atoms with Gasteiger partial charge in [-0.05, 0) is 62.1 Å². The molecule has 0 radical (unpaired) electrons. The van der Waals surface area contributed by atoms with Crippen molar-refractivity contribution in [3.8, 4) is 5.75 Å². The van der Waals surface area contributed by atoms with E-state index in [9.17, 15) is 9.59 Å². The first-order chi connectivity index (χ1) is 14.2. The van der Waals surface area contributed by atoms with Crippen molar-refractivity contribution in [2.75, 3.05) is 19.8 Å². The minimum Gasteiger partial charge on any atom is -0.491 e. The van der Waals surface area contributed by atoms with Crippen LogP contribution in [-0.2, 0) is 16.1 Å². The molecule has 2 fully saturated rings. The van der Waals surface area contributed by atoms with Gasteiger partial charge >= 0.3 is 0 Å². The lowest BCUT2D eigenvalue weighted by Gasteiger charge is -2.24. The van der Waals surface area contributed by atoms with E-state index < -0.39 is 6.04 Å². The second-order valence-corrected chi connectivity index (χ2v) is 7.42. The van der Waals surface area contributed by atoms with Gasteiger partial charge in [0.25, 0.3) is 5.91 Å². The molecule has 4 rings (SSSR count). The van der Waals surface area contributed by atoms with Crippen molar-refractivity contribution in [1.82, 2.24) is 10.2 Å². The molecule has 1 N–H and O–H groups in total. The van der Waals surface area contributed by atoms with Gasteiger partial charge in [-0.25, -0.2) is 0 Å². The molecule has 3 heterocycles. The Bertz CT molecular complexity index is 812. The molecule has 1 aromatic carbocycles. The van der Waals surface area contributed by atoms with Crippen molar-refractivity contribution in [3.05, 3.63) is 54.0 Å². The molecule has 29 heavy (non-hydrogen) atoms. The molecule has 154 valence electrons. The maximum Gasteiger partial charge on any atom is 0.254 e. The summed E-state index contributed by atoms with van der Waals surface area (Å²) in [6.45, 7) is 2.22. The number of benzene rings is 1. The summed E-state index contributed by atoms with van der Waals surface area (Å²) < 4.78 is 16.5. The molecule has 0 aliphatic carbocycles. The lowest BCUT2D eigenvalue weighted by Crippen LogP contribution is -2.45. The van der Waals surface area contributed by atoms with Gasteiger partial charge < -0.3 is 24.1 Å². The molecule has 2 aromatic rings. The van der Waals surface area contributed by atoms with Crippen LogP contribution >= 0.6 is 0 Å². The molecule has 0 saturated carbocycles. The van der Waals surface area contributed by atoms with Gasteiger partial charge in [-0.3, -0.25) is 9.59 Å². The molecule has 2 atom stereocenters. The minimum absolute atomic E-state index is 0.133. The Balaban J connectivity index is 1.32. The maximum absolute atomic E-state index is 12.9. The van der Waals surface area contributed by atoms with E-state index in [1.165, 1.54) is 0 Å². The number of nitrogens with one attached hydrogen (secondary N) is 1. The van der Waals surface area contributed by atoms with E-state index in [0.717, 1.165) is 25.9 Å². The topological polar surface area (TPSA) is 81.0 Å². The highest BCUT2D eigenvalue weighted by molar-refractivity contribution is 5.98. The lowest BCUT2D eigenvalue weighted by atomic mass is 10.1. The standard InChI is InChI=1S/C22H26N2O5/c25-21(23-14-18-4-2-12-27-18)20-6-1-11-24(20)22(26)16-7-9-17(10-8-16)29-15-19-5-3-13-28-19/h2,4,7-10,12,19-20H,1,3,5-6,11,13-15H2,(H,23,25). The fourth-order valence-electron chi connectivity index (χ4n) is 3.81. The Kier molecular flexibility index (Phi) is 6.14. The van der Waals surface area contributed by atoms with E-state index in [1.54, 1.807) is 47.6 Å². The highest BCUT2D eigenvalue weighted by atomic mass is 16.5. The number of nitrogens with zero attached hydrogens (tertiary/aromatic N) is 1. The summed E-state index contributed by atoms with van der Waals surface area (Å²) in [6, 6.07) is 10.2. The van der Waals surface area contributed by atoms with Crippen molar-refractivity contribution < 1.29 is 23.5 Å². The Labute approximate surface area is 170 Å². The van der Waals surface area contributed by atoms with E-state index >= 15 is 0 Å². The van der Waals surface area contributed by atoms with Crippen LogP contribution in [0.5, 0.6) is 5.75 Å². The number of carbonyl (C=O) groups excluding carboxylic acids is 2. The van der Waals surface area contributed by atoms with Crippen molar-refractivity contribution in [1.29, 1.82) is 0 Å². The van der Waals surface area contributed by atoms with Gasteiger partial charge in [-0.2, -0.15) is 0 Å². The van der Waals surface area contributed by atoms with Crippen LogP contribution in [0.3, 0.4) is 0 Å². The molecule has 7 heteroatoms. The zero-order valence-corrected chi connectivity index (χ0v) is 16.3. The molecule has 2 unspecified atom stereocenters. The first-order valence-electron chi connectivity index (χ1n) is 10.2. The zero-order valence-electron chi connectivity index (χ0n) is 16.3. The normalized spacial score (nSPS) is 21.3. The van der Waals surface area contributed by atoms with Gasteiger partial charge in [0.2, 0.25) is 5.91 Å². The molecule has 2 aliphatic rings. The first kappa shape index (κ1) is 19.5. The van der Waals surface area contributed by atoms with Crippen molar-refractivity contribution in [3.63, 3.8) is 0 Å². The second kappa shape index (κ2) is 9.13. The second-order valence-electron chi connectivity index (χ2n) is 7.42. The van der Waals surface area contributed by atoms with Gasteiger partial charge in [0.15, 0.2) is 0 Å². The van der Waals surface area contributed by atoms with Gasteiger partial charge in [0, 0.05) is 18.7 Å². The van der Waals surface area contributed by atoms with Crippen LogP contribution < -0.4 is 10.1 Å². The third kappa shape index (κ3) is 4.79. The summed E-state index contributed by atoms with van der Waals surface area (Å²) in [7, 11) is 0.